The van der Waals surface area contributed by atoms with Crippen LogP contribution in [0, 0.1) is 11.3 Å². The molecule has 0 aromatic carbocycles. The van der Waals surface area contributed by atoms with Crippen LogP contribution in [0.4, 0.5) is 0 Å². The maximum absolute atomic E-state index is 11.8. The number of nitrogens with zero attached hydrogens (tertiary/aromatic N) is 3. The lowest BCUT2D eigenvalue weighted by atomic mass is 10.2. The molecule has 2 rings (SSSR count). The molecule has 1 fully saturated rings. The number of pyridine rings is 1. The summed E-state index contributed by atoms with van der Waals surface area (Å²) >= 11 is 5.76. The monoisotopic (exact) mass is 306 g/mol. The first-order valence-corrected chi connectivity index (χ1v) is 6.94. The van der Waals surface area contributed by atoms with Gasteiger partial charge in [0.25, 0.3) is 0 Å². The molecule has 0 unspecified atom stereocenters. The summed E-state index contributed by atoms with van der Waals surface area (Å²) in [6.07, 6.45) is 1.68. The van der Waals surface area contributed by atoms with Crippen LogP contribution in [-0.4, -0.2) is 35.5 Å². The number of halogens is 1. The highest BCUT2D eigenvalue weighted by atomic mass is 35.5. The van der Waals surface area contributed by atoms with E-state index in [0.29, 0.717) is 30.6 Å². The first-order valence-electron chi connectivity index (χ1n) is 6.56. The van der Waals surface area contributed by atoms with Crippen LogP contribution in [0.2, 0.25) is 5.15 Å². The number of aromatic nitrogens is 1. The molecular weight excluding hydrogens is 292 g/mol. The predicted octanol–water partition coefficient (Wildman–Crippen LogP) is 1.44. The Hall–Kier alpha value is -2.26. The largest absolute Gasteiger partial charge is 0.462 e. The fourth-order valence-electron chi connectivity index (χ4n) is 2.06. The van der Waals surface area contributed by atoms with Crippen molar-refractivity contribution in [3.8, 4) is 6.07 Å². The van der Waals surface area contributed by atoms with Crippen LogP contribution in [0.3, 0.4) is 0 Å². The van der Waals surface area contributed by atoms with Crippen molar-refractivity contribution in [3.63, 3.8) is 0 Å². The van der Waals surface area contributed by atoms with Gasteiger partial charge in [0.2, 0.25) is 0 Å². The van der Waals surface area contributed by atoms with Crippen molar-refractivity contribution < 1.29 is 9.53 Å². The van der Waals surface area contributed by atoms with E-state index in [0.717, 1.165) is 5.56 Å². The SMILES string of the molecule is CCOC(=O)/C(C#N)=C1\NCCN1Cc1ccc(Cl)nc1. The normalized spacial score (nSPS) is 16.1. The number of hydrogen-bond donors (Lipinski definition) is 1. The van der Waals surface area contributed by atoms with Crippen LogP contribution in [0.25, 0.3) is 0 Å². The highest BCUT2D eigenvalue weighted by Crippen LogP contribution is 2.17. The molecule has 1 aliphatic heterocycles. The van der Waals surface area contributed by atoms with Crippen LogP contribution in [0.5, 0.6) is 0 Å². The maximum atomic E-state index is 11.8. The first kappa shape index (κ1) is 15.1. The van der Waals surface area contributed by atoms with Gasteiger partial charge in [0.1, 0.15) is 17.0 Å². The second-order valence-electron chi connectivity index (χ2n) is 4.39. The molecule has 0 spiro atoms. The minimum absolute atomic E-state index is 0.00345. The number of nitrogens with one attached hydrogen (secondary N) is 1. The van der Waals surface area contributed by atoms with Crippen LogP contribution in [-0.2, 0) is 16.1 Å². The fourth-order valence-corrected chi connectivity index (χ4v) is 2.17. The van der Waals surface area contributed by atoms with E-state index in [1.54, 1.807) is 19.2 Å². The molecule has 21 heavy (non-hydrogen) atoms. The minimum atomic E-state index is -0.608. The van der Waals surface area contributed by atoms with Gasteiger partial charge in [-0.2, -0.15) is 5.26 Å². The quantitative estimate of drug-likeness (QED) is 0.392. The van der Waals surface area contributed by atoms with Gasteiger partial charge in [0.15, 0.2) is 5.57 Å². The van der Waals surface area contributed by atoms with Gasteiger partial charge in [0, 0.05) is 25.8 Å². The molecule has 0 amide bonds. The van der Waals surface area contributed by atoms with E-state index in [-0.39, 0.29) is 12.2 Å². The zero-order valence-corrected chi connectivity index (χ0v) is 12.4. The van der Waals surface area contributed by atoms with Crippen molar-refractivity contribution in [2.45, 2.75) is 13.5 Å². The Kier molecular flexibility index (Phi) is 5.01. The van der Waals surface area contributed by atoms with Gasteiger partial charge in [-0.3, -0.25) is 0 Å². The highest BCUT2D eigenvalue weighted by molar-refractivity contribution is 6.29. The molecule has 6 nitrogen and oxygen atoms in total. The summed E-state index contributed by atoms with van der Waals surface area (Å²) in [5.74, 6) is -0.102. The molecule has 1 aromatic heterocycles. The van der Waals surface area contributed by atoms with Gasteiger partial charge in [0.05, 0.1) is 6.61 Å². The summed E-state index contributed by atoms with van der Waals surface area (Å²) in [6, 6.07) is 5.49. The lowest BCUT2D eigenvalue weighted by Crippen LogP contribution is -2.24. The maximum Gasteiger partial charge on any atom is 0.352 e. The van der Waals surface area contributed by atoms with E-state index >= 15 is 0 Å². The second-order valence-corrected chi connectivity index (χ2v) is 4.78. The van der Waals surface area contributed by atoms with Crippen molar-refractivity contribution in [1.82, 2.24) is 15.2 Å². The Bertz CT molecular complexity index is 592. The number of nitriles is 1. The Morgan fingerprint density at radius 1 is 1.62 bits per heavy atom. The molecule has 1 aromatic rings. The molecule has 1 aliphatic rings. The van der Waals surface area contributed by atoms with Gasteiger partial charge >= 0.3 is 5.97 Å². The summed E-state index contributed by atoms with van der Waals surface area (Å²) < 4.78 is 4.91. The number of carbonyl (C=O) groups is 1. The third-order valence-corrected chi connectivity index (χ3v) is 3.20. The summed E-state index contributed by atoms with van der Waals surface area (Å²) in [6.45, 7) is 3.84. The van der Waals surface area contributed by atoms with Gasteiger partial charge in [-0.1, -0.05) is 17.7 Å². The highest BCUT2D eigenvalue weighted by Gasteiger charge is 2.25. The van der Waals surface area contributed by atoms with Crippen molar-refractivity contribution in [1.29, 1.82) is 5.26 Å². The molecule has 0 bridgehead atoms. The van der Waals surface area contributed by atoms with Gasteiger partial charge in [-0.05, 0) is 18.6 Å². The molecule has 0 atom stereocenters. The van der Waals surface area contributed by atoms with Gasteiger partial charge in [-0.15, -0.1) is 0 Å². The van der Waals surface area contributed by atoms with Crippen molar-refractivity contribution in [3.05, 3.63) is 40.4 Å². The van der Waals surface area contributed by atoms with Crippen LogP contribution < -0.4 is 5.32 Å². The third-order valence-electron chi connectivity index (χ3n) is 2.98. The lowest BCUT2D eigenvalue weighted by molar-refractivity contribution is -0.138. The average Bonchev–Trinajstić information content (AvgIpc) is 2.91. The molecule has 2 heterocycles. The van der Waals surface area contributed by atoms with E-state index in [1.807, 2.05) is 17.0 Å². The Balaban J connectivity index is 2.21. The second kappa shape index (κ2) is 6.95. The zero-order valence-electron chi connectivity index (χ0n) is 11.6. The summed E-state index contributed by atoms with van der Waals surface area (Å²) in [5, 5.41) is 12.7. The van der Waals surface area contributed by atoms with E-state index in [9.17, 15) is 10.1 Å². The van der Waals surface area contributed by atoms with Gasteiger partial charge in [-0.25, -0.2) is 9.78 Å². The molecule has 0 radical (unpaired) electrons. The predicted molar refractivity (Wildman–Crippen MR) is 76.9 cm³/mol. The number of carbonyl (C=O) groups excluding carboxylic acids is 1. The van der Waals surface area contributed by atoms with Crippen LogP contribution >= 0.6 is 11.6 Å². The van der Waals surface area contributed by atoms with Crippen LogP contribution in [0.15, 0.2) is 29.7 Å². The lowest BCUT2D eigenvalue weighted by Gasteiger charge is -2.19. The zero-order chi connectivity index (χ0) is 15.2. The molecule has 0 saturated carbocycles. The van der Waals surface area contributed by atoms with E-state index in [1.165, 1.54) is 0 Å². The molecule has 110 valence electrons. The Labute approximate surface area is 128 Å². The van der Waals surface area contributed by atoms with Gasteiger partial charge < -0.3 is 15.0 Å². The van der Waals surface area contributed by atoms with Crippen molar-refractivity contribution in [2.24, 2.45) is 0 Å². The van der Waals surface area contributed by atoms with Crippen molar-refractivity contribution >= 4 is 17.6 Å². The number of hydrogen-bond acceptors (Lipinski definition) is 6. The topological polar surface area (TPSA) is 78.2 Å². The summed E-state index contributed by atoms with van der Waals surface area (Å²) in [4.78, 5) is 17.7. The minimum Gasteiger partial charge on any atom is -0.462 e. The smallest absolute Gasteiger partial charge is 0.352 e. The summed E-state index contributed by atoms with van der Waals surface area (Å²) in [5.41, 5.74) is 0.943. The number of esters is 1. The van der Waals surface area contributed by atoms with Crippen molar-refractivity contribution in [2.75, 3.05) is 19.7 Å². The van der Waals surface area contributed by atoms with Crippen LogP contribution in [0.1, 0.15) is 12.5 Å². The number of rotatable bonds is 4. The van der Waals surface area contributed by atoms with E-state index in [4.69, 9.17) is 16.3 Å². The fraction of sp³-hybridized carbons (Fsp3) is 0.357. The number of ether oxygens (including phenoxy) is 1. The molecular formula is C14H15ClN4O2. The van der Waals surface area contributed by atoms with E-state index in [2.05, 4.69) is 10.3 Å². The molecule has 1 saturated heterocycles. The Morgan fingerprint density at radius 3 is 3.05 bits per heavy atom. The molecule has 0 aliphatic carbocycles. The third kappa shape index (κ3) is 3.64. The molecule has 7 heteroatoms. The molecule has 1 N–H and O–H groups in total. The summed E-state index contributed by atoms with van der Waals surface area (Å²) in [7, 11) is 0. The van der Waals surface area contributed by atoms with E-state index < -0.39 is 5.97 Å². The standard InChI is InChI=1S/C14H15ClN4O2/c1-2-21-14(20)11(7-16)13-17-5-6-19(13)9-10-3-4-12(15)18-8-10/h3-4,8,17H,2,5-6,9H2,1H3/b13-11+. The Morgan fingerprint density at radius 2 is 2.43 bits per heavy atom. The average molecular weight is 307 g/mol. The first-order chi connectivity index (χ1) is 10.2.